The van der Waals surface area contributed by atoms with E-state index in [4.69, 9.17) is 10.5 Å². The van der Waals surface area contributed by atoms with Crippen LogP contribution in [0.4, 0.5) is 5.69 Å². The highest BCUT2D eigenvalue weighted by atomic mass is 32.2. The highest BCUT2D eigenvalue weighted by Crippen LogP contribution is 2.34. The molecule has 1 heterocycles. The molecule has 0 saturated carbocycles. The van der Waals surface area contributed by atoms with Crippen molar-refractivity contribution in [3.63, 3.8) is 0 Å². The zero-order chi connectivity index (χ0) is 15.4. The first kappa shape index (κ1) is 15.7. The molecule has 3 rings (SSSR count). The molecule has 22 heavy (non-hydrogen) atoms. The minimum Gasteiger partial charge on any atom is -0.381 e. The number of hydrogen-bond donors (Lipinski definition) is 2. The summed E-state index contributed by atoms with van der Waals surface area (Å²) in [5.74, 6) is 0.512. The van der Waals surface area contributed by atoms with Gasteiger partial charge in [0.05, 0.1) is 6.54 Å². The van der Waals surface area contributed by atoms with Gasteiger partial charge in [0, 0.05) is 23.6 Å². The number of nitrogens with zero attached hydrogens (tertiary/aromatic N) is 1. The summed E-state index contributed by atoms with van der Waals surface area (Å²) in [5, 5.41) is 3.24. The minimum atomic E-state index is 0.183. The van der Waals surface area contributed by atoms with Crippen molar-refractivity contribution in [3.05, 3.63) is 29.3 Å². The zero-order valence-corrected chi connectivity index (χ0v) is 14.0. The fourth-order valence-corrected chi connectivity index (χ4v) is 4.01. The van der Waals surface area contributed by atoms with E-state index in [1.54, 1.807) is 0 Å². The van der Waals surface area contributed by atoms with Gasteiger partial charge in [-0.15, -0.1) is 0 Å². The fourth-order valence-electron chi connectivity index (χ4n) is 3.24. The second-order valence-corrected chi connectivity index (χ2v) is 7.44. The molecular formula is C17H25N3OS. The van der Waals surface area contributed by atoms with Crippen LogP contribution in [0.25, 0.3) is 0 Å². The summed E-state index contributed by atoms with van der Waals surface area (Å²) in [4.78, 5) is 4.59. The maximum absolute atomic E-state index is 6.08. The standard InChI is InChI=1S/C17H25N3OS/c1-22-17(7-9-21-10-8-17)12-19-16(18)20-15-6-5-13-3-2-4-14(13)11-15/h5-6,11H,2-4,7-10,12H2,1H3,(H3,18,19,20). The molecule has 3 N–H and O–H groups in total. The molecule has 0 bridgehead atoms. The molecule has 2 aliphatic rings. The number of thioether (sulfide) groups is 1. The van der Waals surface area contributed by atoms with Crippen LogP contribution in [0.3, 0.4) is 0 Å². The lowest BCUT2D eigenvalue weighted by Crippen LogP contribution is -2.37. The smallest absolute Gasteiger partial charge is 0.193 e. The van der Waals surface area contributed by atoms with Crippen molar-refractivity contribution in [3.8, 4) is 0 Å². The SMILES string of the molecule is CSC1(CN=C(N)Nc2ccc3c(c2)CCC3)CCOCC1. The largest absolute Gasteiger partial charge is 0.381 e. The van der Waals surface area contributed by atoms with Crippen molar-refractivity contribution in [2.45, 2.75) is 36.9 Å². The third-order valence-electron chi connectivity index (χ3n) is 4.75. The average Bonchev–Trinajstić information content (AvgIpc) is 3.01. The highest BCUT2D eigenvalue weighted by Gasteiger charge is 2.31. The van der Waals surface area contributed by atoms with E-state index in [0.29, 0.717) is 5.96 Å². The number of anilines is 1. The van der Waals surface area contributed by atoms with Crippen LogP contribution < -0.4 is 11.1 Å². The Balaban J connectivity index is 1.62. The molecule has 120 valence electrons. The molecule has 1 aliphatic heterocycles. The summed E-state index contributed by atoms with van der Waals surface area (Å²) < 4.78 is 5.65. The molecule has 1 fully saturated rings. The van der Waals surface area contributed by atoms with Gasteiger partial charge in [-0.25, -0.2) is 0 Å². The van der Waals surface area contributed by atoms with E-state index < -0.39 is 0 Å². The van der Waals surface area contributed by atoms with Gasteiger partial charge in [0.1, 0.15) is 0 Å². The summed E-state index contributed by atoms with van der Waals surface area (Å²) in [6.07, 6.45) is 7.90. The first-order valence-electron chi connectivity index (χ1n) is 8.02. The van der Waals surface area contributed by atoms with Crippen LogP contribution in [-0.2, 0) is 17.6 Å². The summed E-state index contributed by atoms with van der Waals surface area (Å²) in [7, 11) is 0. The number of benzene rings is 1. The number of nitrogens with two attached hydrogens (primary N) is 1. The van der Waals surface area contributed by atoms with Crippen LogP contribution in [0.15, 0.2) is 23.2 Å². The molecule has 0 unspecified atom stereocenters. The summed E-state index contributed by atoms with van der Waals surface area (Å²) in [6.45, 7) is 2.41. The van der Waals surface area contributed by atoms with Crippen LogP contribution >= 0.6 is 11.8 Å². The van der Waals surface area contributed by atoms with Gasteiger partial charge in [-0.05, 0) is 61.6 Å². The van der Waals surface area contributed by atoms with Crippen molar-refractivity contribution >= 4 is 23.4 Å². The van der Waals surface area contributed by atoms with Gasteiger partial charge in [-0.1, -0.05) is 6.07 Å². The molecule has 1 aliphatic carbocycles. The van der Waals surface area contributed by atoms with Crippen molar-refractivity contribution < 1.29 is 4.74 Å². The van der Waals surface area contributed by atoms with Gasteiger partial charge in [0.15, 0.2) is 5.96 Å². The number of fused-ring (bicyclic) bond motifs is 1. The number of guanidine groups is 1. The second-order valence-electron chi connectivity index (χ2n) is 6.16. The molecule has 0 radical (unpaired) electrons. The van der Waals surface area contributed by atoms with E-state index in [1.165, 1.54) is 30.4 Å². The van der Waals surface area contributed by atoms with E-state index in [2.05, 4.69) is 34.8 Å². The average molecular weight is 319 g/mol. The van der Waals surface area contributed by atoms with Crippen molar-refractivity contribution in [1.29, 1.82) is 0 Å². The Bertz CT molecular complexity index is 553. The minimum absolute atomic E-state index is 0.183. The Morgan fingerprint density at radius 3 is 2.86 bits per heavy atom. The molecule has 1 aromatic carbocycles. The van der Waals surface area contributed by atoms with Crippen LogP contribution in [0.5, 0.6) is 0 Å². The number of aliphatic imine (C=N–C) groups is 1. The summed E-state index contributed by atoms with van der Waals surface area (Å²) in [5.41, 5.74) is 10.1. The predicted octanol–water partition coefficient (Wildman–Crippen LogP) is 2.81. The second kappa shape index (κ2) is 6.92. The number of ether oxygens (including phenoxy) is 1. The highest BCUT2D eigenvalue weighted by molar-refractivity contribution is 8.00. The van der Waals surface area contributed by atoms with E-state index >= 15 is 0 Å². The van der Waals surface area contributed by atoms with Crippen molar-refractivity contribution in [1.82, 2.24) is 0 Å². The maximum atomic E-state index is 6.08. The molecule has 0 aromatic heterocycles. The van der Waals surface area contributed by atoms with E-state index in [9.17, 15) is 0 Å². The van der Waals surface area contributed by atoms with Gasteiger partial charge < -0.3 is 15.8 Å². The van der Waals surface area contributed by atoms with Crippen molar-refractivity contribution in [2.24, 2.45) is 10.7 Å². The zero-order valence-electron chi connectivity index (χ0n) is 13.2. The van der Waals surface area contributed by atoms with Gasteiger partial charge in [-0.2, -0.15) is 11.8 Å². The Morgan fingerprint density at radius 2 is 2.09 bits per heavy atom. The monoisotopic (exact) mass is 319 g/mol. The summed E-state index contributed by atoms with van der Waals surface area (Å²) >= 11 is 1.89. The lowest BCUT2D eigenvalue weighted by molar-refractivity contribution is 0.0794. The van der Waals surface area contributed by atoms with E-state index in [0.717, 1.165) is 38.3 Å². The molecule has 4 nitrogen and oxygen atoms in total. The molecule has 1 saturated heterocycles. The number of hydrogen-bond acceptors (Lipinski definition) is 3. The number of nitrogens with one attached hydrogen (secondary N) is 1. The molecule has 1 aromatic rings. The van der Waals surface area contributed by atoms with Gasteiger partial charge in [0.25, 0.3) is 0 Å². The number of rotatable bonds is 4. The van der Waals surface area contributed by atoms with Crippen LogP contribution in [0.1, 0.15) is 30.4 Å². The molecule has 0 atom stereocenters. The molecule has 0 amide bonds. The van der Waals surface area contributed by atoms with E-state index in [1.807, 2.05) is 11.8 Å². The molecule has 5 heteroatoms. The Labute approximate surface area is 136 Å². The predicted molar refractivity (Wildman–Crippen MR) is 94.9 cm³/mol. The quantitative estimate of drug-likeness (QED) is 0.662. The third kappa shape index (κ3) is 3.58. The first-order valence-corrected chi connectivity index (χ1v) is 9.25. The maximum Gasteiger partial charge on any atom is 0.193 e. The topological polar surface area (TPSA) is 59.6 Å². The molecular weight excluding hydrogens is 294 g/mol. The lowest BCUT2D eigenvalue weighted by Gasteiger charge is -2.34. The number of aryl methyl sites for hydroxylation is 2. The van der Waals surface area contributed by atoms with Gasteiger partial charge >= 0.3 is 0 Å². The van der Waals surface area contributed by atoms with Crippen LogP contribution in [-0.4, -0.2) is 36.7 Å². The fraction of sp³-hybridized carbons (Fsp3) is 0.588. The van der Waals surface area contributed by atoms with Crippen LogP contribution in [0.2, 0.25) is 0 Å². The Kier molecular flexibility index (Phi) is 4.93. The van der Waals surface area contributed by atoms with E-state index in [-0.39, 0.29) is 4.75 Å². The van der Waals surface area contributed by atoms with Gasteiger partial charge in [-0.3, -0.25) is 4.99 Å². The van der Waals surface area contributed by atoms with Gasteiger partial charge in [0.2, 0.25) is 0 Å². The van der Waals surface area contributed by atoms with Crippen molar-refractivity contribution in [2.75, 3.05) is 31.3 Å². The normalized spacial score (nSPS) is 20.7. The van der Waals surface area contributed by atoms with Crippen LogP contribution in [0, 0.1) is 0 Å². The summed E-state index contributed by atoms with van der Waals surface area (Å²) in [6, 6.07) is 6.52. The first-order chi connectivity index (χ1) is 10.7. The lowest BCUT2D eigenvalue weighted by atomic mass is 9.99. The Hall–Kier alpha value is -1.20. The Morgan fingerprint density at radius 1 is 1.32 bits per heavy atom. The molecule has 0 spiro atoms. The third-order valence-corrected chi connectivity index (χ3v) is 6.15.